The summed E-state index contributed by atoms with van der Waals surface area (Å²) < 4.78 is 0. The number of rotatable bonds is 7. The van der Waals surface area contributed by atoms with Crippen LogP contribution in [0.4, 0.5) is 0 Å². The number of hydrogen-bond donors (Lipinski definition) is 1. The second-order valence-corrected chi connectivity index (χ2v) is 5.98. The quantitative estimate of drug-likeness (QED) is 0.726. The molecule has 0 fully saturated rings. The molecule has 1 aromatic carbocycles. The van der Waals surface area contributed by atoms with Gasteiger partial charge in [0.25, 0.3) is 0 Å². The van der Waals surface area contributed by atoms with E-state index in [-0.39, 0.29) is 0 Å². The van der Waals surface area contributed by atoms with Gasteiger partial charge in [0, 0.05) is 16.7 Å². The fourth-order valence-electron chi connectivity index (χ4n) is 1.62. The summed E-state index contributed by atoms with van der Waals surface area (Å²) in [6.45, 7) is 10.1. The van der Waals surface area contributed by atoms with Crippen molar-refractivity contribution in [1.29, 1.82) is 0 Å². The molecule has 1 unspecified atom stereocenters. The highest BCUT2D eigenvalue weighted by molar-refractivity contribution is 7.99. The monoisotopic (exact) mass is 251 g/mol. The molecular weight excluding hydrogens is 226 g/mol. The fraction of sp³-hybridized carbons (Fsp3) is 0.600. The molecular formula is C15H25NS. The lowest BCUT2D eigenvalue weighted by atomic mass is 10.0. The molecule has 1 N–H and O–H groups in total. The normalized spacial score (nSPS) is 13.0. The molecule has 17 heavy (non-hydrogen) atoms. The Bertz CT molecular complexity index is 305. The smallest absolute Gasteiger partial charge is 0.0133 e. The van der Waals surface area contributed by atoms with Gasteiger partial charge in [-0.2, -0.15) is 0 Å². The zero-order valence-corrected chi connectivity index (χ0v) is 12.3. The van der Waals surface area contributed by atoms with E-state index in [1.54, 1.807) is 0 Å². The summed E-state index contributed by atoms with van der Waals surface area (Å²) in [6.07, 6.45) is 1.21. The number of benzene rings is 1. The molecule has 0 radical (unpaired) electrons. The highest BCUT2D eigenvalue weighted by Gasteiger charge is 2.03. The van der Waals surface area contributed by atoms with Gasteiger partial charge in [-0.15, -0.1) is 11.8 Å². The van der Waals surface area contributed by atoms with Gasteiger partial charge in [0.2, 0.25) is 0 Å². The van der Waals surface area contributed by atoms with Crippen molar-refractivity contribution in [2.75, 3.05) is 12.3 Å². The second kappa shape index (κ2) is 7.78. The number of hydrogen-bond acceptors (Lipinski definition) is 2. The van der Waals surface area contributed by atoms with Crippen molar-refractivity contribution in [3.63, 3.8) is 0 Å². The van der Waals surface area contributed by atoms with Crippen LogP contribution in [0.5, 0.6) is 0 Å². The molecule has 0 spiro atoms. The first-order chi connectivity index (χ1) is 8.13. The van der Waals surface area contributed by atoms with Gasteiger partial charge in [-0.1, -0.05) is 32.9 Å². The van der Waals surface area contributed by atoms with E-state index in [0.717, 1.165) is 12.3 Å². The third kappa shape index (κ3) is 5.60. The van der Waals surface area contributed by atoms with Crippen LogP contribution in [0.3, 0.4) is 0 Å². The molecule has 0 saturated heterocycles. The molecule has 0 amide bonds. The van der Waals surface area contributed by atoms with Crippen LogP contribution in [-0.2, 0) is 0 Å². The van der Waals surface area contributed by atoms with Gasteiger partial charge in [0.05, 0.1) is 0 Å². The molecule has 0 aromatic heterocycles. The Balaban J connectivity index is 2.36. The summed E-state index contributed by atoms with van der Waals surface area (Å²) in [5.41, 5.74) is 1.42. The van der Waals surface area contributed by atoms with Gasteiger partial charge < -0.3 is 5.32 Å². The third-order valence-electron chi connectivity index (χ3n) is 2.79. The van der Waals surface area contributed by atoms with E-state index >= 15 is 0 Å². The van der Waals surface area contributed by atoms with Crippen LogP contribution in [0.15, 0.2) is 29.2 Å². The predicted octanol–water partition coefficient (Wildman–Crippen LogP) is 4.29. The van der Waals surface area contributed by atoms with E-state index < -0.39 is 0 Å². The molecule has 0 aliphatic carbocycles. The van der Waals surface area contributed by atoms with Crippen LogP contribution in [0, 0.1) is 0 Å². The predicted molar refractivity (Wildman–Crippen MR) is 79.0 cm³/mol. The van der Waals surface area contributed by atoms with Crippen LogP contribution >= 0.6 is 11.8 Å². The van der Waals surface area contributed by atoms with Crippen LogP contribution in [-0.4, -0.2) is 18.3 Å². The molecule has 1 atom stereocenters. The van der Waals surface area contributed by atoms with Gasteiger partial charge in [-0.05, 0) is 43.5 Å². The van der Waals surface area contributed by atoms with E-state index in [1.807, 2.05) is 11.8 Å². The van der Waals surface area contributed by atoms with Crippen molar-refractivity contribution >= 4 is 11.8 Å². The van der Waals surface area contributed by atoms with E-state index in [4.69, 9.17) is 0 Å². The molecule has 0 aliphatic rings. The lowest BCUT2D eigenvalue weighted by Crippen LogP contribution is -2.28. The number of thioether (sulfide) groups is 1. The zero-order chi connectivity index (χ0) is 12.7. The average molecular weight is 251 g/mol. The van der Waals surface area contributed by atoms with Crippen molar-refractivity contribution in [1.82, 2.24) is 5.32 Å². The summed E-state index contributed by atoms with van der Waals surface area (Å²) in [4.78, 5) is 1.37. The minimum atomic E-state index is 0.588. The van der Waals surface area contributed by atoms with E-state index in [9.17, 15) is 0 Å². The summed E-state index contributed by atoms with van der Waals surface area (Å²) in [7, 11) is 0. The first-order valence-corrected chi connectivity index (χ1v) is 7.58. The molecule has 0 bridgehead atoms. The van der Waals surface area contributed by atoms with Gasteiger partial charge in [0.15, 0.2) is 0 Å². The summed E-state index contributed by atoms with van der Waals surface area (Å²) >= 11 is 1.94. The number of nitrogens with one attached hydrogen (secondary N) is 1. The largest absolute Gasteiger partial charge is 0.313 e. The van der Waals surface area contributed by atoms with Crippen molar-refractivity contribution in [3.8, 4) is 0 Å². The molecule has 0 aliphatic heterocycles. The maximum Gasteiger partial charge on any atom is 0.0133 e. The van der Waals surface area contributed by atoms with Crippen molar-refractivity contribution in [3.05, 3.63) is 29.8 Å². The van der Waals surface area contributed by atoms with E-state index in [2.05, 4.69) is 57.3 Å². The zero-order valence-electron chi connectivity index (χ0n) is 11.5. The van der Waals surface area contributed by atoms with Crippen LogP contribution < -0.4 is 5.32 Å². The Hall–Kier alpha value is -0.470. The van der Waals surface area contributed by atoms with Crippen LogP contribution in [0.1, 0.15) is 45.6 Å². The lowest BCUT2D eigenvalue weighted by molar-refractivity contribution is 0.590. The first kappa shape index (κ1) is 14.6. The Morgan fingerprint density at radius 3 is 2.29 bits per heavy atom. The maximum atomic E-state index is 3.51. The van der Waals surface area contributed by atoms with Gasteiger partial charge >= 0.3 is 0 Å². The molecule has 1 nitrogen and oxygen atoms in total. The molecule has 1 aromatic rings. The van der Waals surface area contributed by atoms with E-state index in [0.29, 0.717) is 12.0 Å². The molecule has 0 heterocycles. The SMILES string of the molecule is CCCNC(C)CSc1ccc(C(C)C)cc1. The Morgan fingerprint density at radius 2 is 1.76 bits per heavy atom. The summed E-state index contributed by atoms with van der Waals surface area (Å²) in [5, 5.41) is 3.51. The molecule has 1 rings (SSSR count). The fourth-order valence-corrected chi connectivity index (χ4v) is 2.51. The molecule has 2 heteroatoms. The van der Waals surface area contributed by atoms with Crippen LogP contribution in [0.2, 0.25) is 0 Å². The standard InChI is InChI=1S/C15H25NS/c1-5-10-16-13(4)11-17-15-8-6-14(7-9-15)12(2)3/h6-9,12-13,16H,5,10-11H2,1-4H3. The van der Waals surface area contributed by atoms with Crippen molar-refractivity contribution in [2.24, 2.45) is 0 Å². The highest BCUT2D eigenvalue weighted by Crippen LogP contribution is 2.22. The minimum Gasteiger partial charge on any atom is -0.313 e. The van der Waals surface area contributed by atoms with Crippen LogP contribution in [0.25, 0.3) is 0 Å². The Kier molecular flexibility index (Phi) is 6.68. The van der Waals surface area contributed by atoms with Gasteiger partial charge in [0.1, 0.15) is 0 Å². The maximum absolute atomic E-state index is 3.51. The molecule has 0 saturated carbocycles. The molecule has 96 valence electrons. The third-order valence-corrected chi connectivity index (χ3v) is 4.06. The average Bonchev–Trinajstić information content (AvgIpc) is 2.34. The Morgan fingerprint density at radius 1 is 1.12 bits per heavy atom. The lowest BCUT2D eigenvalue weighted by Gasteiger charge is -2.13. The minimum absolute atomic E-state index is 0.588. The highest BCUT2D eigenvalue weighted by atomic mass is 32.2. The second-order valence-electron chi connectivity index (χ2n) is 4.89. The first-order valence-electron chi connectivity index (χ1n) is 6.59. The van der Waals surface area contributed by atoms with Gasteiger partial charge in [-0.25, -0.2) is 0 Å². The summed E-state index contributed by atoms with van der Waals surface area (Å²) in [6, 6.07) is 9.57. The topological polar surface area (TPSA) is 12.0 Å². The van der Waals surface area contributed by atoms with Crippen molar-refractivity contribution in [2.45, 2.75) is 51.0 Å². The van der Waals surface area contributed by atoms with Crippen molar-refractivity contribution < 1.29 is 0 Å². The van der Waals surface area contributed by atoms with E-state index in [1.165, 1.54) is 16.9 Å². The van der Waals surface area contributed by atoms with Gasteiger partial charge in [-0.3, -0.25) is 0 Å². The Labute approximate surface area is 110 Å². The summed E-state index contributed by atoms with van der Waals surface area (Å²) in [5.74, 6) is 1.76.